The summed E-state index contributed by atoms with van der Waals surface area (Å²) in [6.45, 7) is 0. The Bertz CT molecular complexity index is 1070. The summed E-state index contributed by atoms with van der Waals surface area (Å²) in [7, 11) is 0. The van der Waals surface area contributed by atoms with E-state index in [1.165, 1.54) is 0 Å². The second kappa shape index (κ2) is 7.39. The number of hydrogen-bond acceptors (Lipinski definition) is 3. The molecule has 0 bridgehead atoms. The maximum absolute atomic E-state index is 13.6. The fraction of sp³-hybridized carbons (Fsp3) is 0.118. The molecule has 5 nitrogen and oxygen atoms in total. The van der Waals surface area contributed by atoms with Crippen LogP contribution in [0, 0.1) is 11.6 Å². The average molecular weight is 436 g/mol. The minimum atomic E-state index is -5.17. The molecule has 0 spiro atoms. The Labute approximate surface area is 162 Å². The highest BCUT2D eigenvalue weighted by Gasteiger charge is 2.41. The third-order valence-electron chi connectivity index (χ3n) is 3.69. The summed E-state index contributed by atoms with van der Waals surface area (Å²) in [5.41, 5.74) is -4.32. The highest BCUT2D eigenvalue weighted by atomic mass is 19.4. The maximum atomic E-state index is 13.6. The summed E-state index contributed by atoms with van der Waals surface area (Å²) >= 11 is 0. The van der Waals surface area contributed by atoms with Gasteiger partial charge in [-0.1, -0.05) is 0 Å². The molecule has 0 aliphatic rings. The van der Waals surface area contributed by atoms with E-state index in [2.05, 4.69) is 10.1 Å². The first-order valence-electron chi connectivity index (χ1n) is 7.82. The fourth-order valence-electron chi connectivity index (χ4n) is 2.46. The van der Waals surface area contributed by atoms with Crippen LogP contribution in [0.5, 0.6) is 0 Å². The molecule has 0 radical (unpaired) electrons. The van der Waals surface area contributed by atoms with Crippen molar-refractivity contribution >= 4 is 11.6 Å². The third-order valence-corrected chi connectivity index (χ3v) is 3.69. The first-order valence-corrected chi connectivity index (χ1v) is 7.82. The molecule has 0 saturated heterocycles. The quantitative estimate of drug-likeness (QED) is 0.599. The van der Waals surface area contributed by atoms with Crippen LogP contribution in [0.3, 0.4) is 0 Å². The van der Waals surface area contributed by atoms with Gasteiger partial charge in [0.25, 0.3) is 5.91 Å². The molecule has 0 saturated carbocycles. The number of rotatable bonds is 3. The molecule has 0 atom stereocenters. The predicted octanol–water partition coefficient (Wildman–Crippen LogP) is 4.84. The molecule has 3 rings (SSSR count). The van der Waals surface area contributed by atoms with Crippen LogP contribution in [0.2, 0.25) is 0 Å². The number of pyridine rings is 1. The molecule has 0 fully saturated rings. The molecule has 13 heteroatoms. The van der Waals surface area contributed by atoms with E-state index >= 15 is 0 Å². The summed E-state index contributed by atoms with van der Waals surface area (Å²) in [5, 5.41) is 5.29. The maximum Gasteiger partial charge on any atom is 0.434 e. The topological polar surface area (TPSA) is 59.8 Å². The molecule has 1 aromatic carbocycles. The molecule has 0 aliphatic heterocycles. The normalized spacial score (nSPS) is 12.1. The van der Waals surface area contributed by atoms with Gasteiger partial charge in [-0.2, -0.15) is 31.4 Å². The van der Waals surface area contributed by atoms with E-state index in [0.717, 1.165) is 0 Å². The van der Waals surface area contributed by atoms with Gasteiger partial charge in [0.2, 0.25) is 0 Å². The van der Waals surface area contributed by atoms with Gasteiger partial charge in [0.15, 0.2) is 11.5 Å². The van der Waals surface area contributed by atoms with Crippen LogP contribution in [0.15, 0.2) is 42.7 Å². The van der Waals surface area contributed by atoms with Gasteiger partial charge in [-0.05, 0) is 24.3 Å². The zero-order valence-corrected chi connectivity index (χ0v) is 14.3. The third kappa shape index (κ3) is 4.39. The van der Waals surface area contributed by atoms with Crippen LogP contribution < -0.4 is 5.32 Å². The van der Waals surface area contributed by atoms with Crippen LogP contribution in [-0.2, 0) is 12.4 Å². The molecule has 1 amide bonds. The zero-order valence-electron chi connectivity index (χ0n) is 14.3. The lowest BCUT2D eigenvalue weighted by molar-refractivity contribution is -0.143. The van der Waals surface area contributed by atoms with E-state index in [1.807, 2.05) is 5.32 Å². The predicted molar refractivity (Wildman–Crippen MR) is 85.7 cm³/mol. The van der Waals surface area contributed by atoms with Gasteiger partial charge >= 0.3 is 12.4 Å². The molecule has 158 valence electrons. The van der Waals surface area contributed by atoms with Crippen LogP contribution >= 0.6 is 0 Å². The van der Waals surface area contributed by atoms with Crippen molar-refractivity contribution in [1.82, 2.24) is 14.8 Å². The van der Waals surface area contributed by atoms with Crippen LogP contribution in [0.25, 0.3) is 5.82 Å². The van der Waals surface area contributed by atoms with Crippen molar-refractivity contribution in [1.29, 1.82) is 0 Å². The summed E-state index contributed by atoms with van der Waals surface area (Å²) in [5.74, 6) is -4.19. The number of anilines is 1. The lowest BCUT2D eigenvalue weighted by Gasteiger charge is -2.13. The lowest BCUT2D eigenvalue weighted by Crippen LogP contribution is -2.21. The minimum absolute atomic E-state index is 0.140. The number of hydrogen-bond donors (Lipinski definition) is 1. The largest absolute Gasteiger partial charge is 0.434 e. The lowest BCUT2D eigenvalue weighted by atomic mass is 10.2. The number of nitrogens with zero attached hydrogens (tertiary/aromatic N) is 3. The summed E-state index contributed by atoms with van der Waals surface area (Å²) in [6.07, 6.45) is -9.10. The molecule has 30 heavy (non-hydrogen) atoms. The van der Waals surface area contributed by atoms with E-state index in [-0.39, 0.29) is 4.68 Å². The number of amides is 1. The first-order chi connectivity index (χ1) is 13.9. The molecule has 1 N–H and O–H groups in total. The summed E-state index contributed by atoms with van der Waals surface area (Å²) < 4.78 is 105. The highest BCUT2D eigenvalue weighted by molar-refractivity contribution is 6.05. The van der Waals surface area contributed by atoms with Crippen LogP contribution in [0.1, 0.15) is 21.6 Å². The smallest absolute Gasteiger partial charge is 0.322 e. The Hall–Kier alpha value is -3.51. The van der Waals surface area contributed by atoms with Gasteiger partial charge in [-0.3, -0.25) is 4.79 Å². The van der Waals surface area contributed by atoms with Gasteiger partial charge in [0.05, 0.1) is 17.3 Å². The number of aromatic nitrogens is 3. The van der Waals surface area contributed by atoms with Crippen molar-refractivity contribution < 1.29 is 39.9 Å². The van der Waals surface area contributed by atoms with Crippen molar-refractivity contribution in [2.45, 2.75) is 12.4 Å². The van der Waals surface area contributed by atoms with Crippen molar-refractivity contribution in [3.05, 3.63) is 71.2 Å². The number of halogens is 8. The van der Waals surface area contributed by atoms with Gasteiger partial charge in [0, 0.05) is 18.0 Å². The van der Waals surface area contributed by atoms with E-state index in [0.29, 0.717) is 42.7 Å². The van der Waals surface area contributed by atoms with E-state index in [4.69, 9.17) is 0 Å². The Kier molecular flexibility index (Phi) is 5.22. The SMILES string of the molecule is O=C(Nc1cc(F)cc(F)c1)c1cnn(-c2ccc(C(F)(F)F)cn2)c1C(F)(F)F. The first kappa shape index (κ1) is 21.2. The van der Waals surface area contributed by atoms with E-state index in [1.54, 1.807) is 0 Å². The second-order valence-electron chi connectivity index (χ2n) is 5.83. The Morgan fingerprint density at radius 2 is 1.53 bits per heavy atom. The van der Waals surface area contributed by atoms with Crippen molar-refractivity contribution in [3.63, 3.8) is 0 Å². The standard InChI is InChI=1S/C17H8F8N4O/c18-9-3-10(19)5-11(4-9)28-15(30)12-7-27-29(14(12)17(23,24)25)13-2-1-8(6-26-13)16(20,21)22/h1-7H,(H,28,30). The molecule has 3 aromatic rings. The average Bonchev–Trinajstić information content (AvgIpc) is 3.06. The Balaban J connectivity index is 2.01. The molecule has 0 unspecified atom stereocenters. The molecule has 0 aliphatic carbocycles. The molecule has 2 heterocycles. The van der Waals surface area contributed by atoms with Crippen LogP contribution in [0.4, 0.5) is 40.8 Å². The zero-order chi connectivity index (χ0) is 22.3. The van der Waals surface area contributed by atoms with E-state index < -0.39 is 58.2 Å². The number of carbonyl (C=O) groups is 1. The van der Waals surface area contributed by atoms with Crippen LogP contribution in [-0.4, -0.2) is 20.7 Å². The number of nitrogens with one attached hydrogen (secondary N) is 1. The monoisotopic (exact) mass is 436 g/mol. The van der Waals surface area contributed by atoms with E-state index in [9.17, 15) is 39.9 Å². The fourth-order valence-corrected chi connectivity index (χ4v) is 2.46. The molecular formula is C17H8F8N4O. The van der Waals surface area contributed by atoms with Crippen molar-refractivity contribution in [2.24, 2.45) is 0 Å². The second-order valence-corrected chi connectivity index (χ2v) is 5.83. The van der Waals surface area contributed by atoms with Crippen molar-refractivity contribution in [3.8, 4) is 5.82 Å². The summed E-state index contributed by atoms with van der Waals surface area (Å²) in [6, 6.07) is 2.99. The Morgan fingerprint density at radius 3 is 2.03 bits per heavy atom. The van der Waals surface area contributed by atoms with Gasteiger partial charge in [-0.25, -0.2) is 18.4 Å². The number of carbonyl (C=O) groups excluding carboxylic acids is 1. The summed E-state index contributed by atoms with van der Waals surface area (Å²) in [4.78, 5) is 15.6. The molecular weight excluding hydrogens is 428 g/mol. The number of benzene rings is 1. The Morgan fingerprint density at radius 1 is 0.900 bits per heavy atom. The van der Waals surface area contributed by atoms with Gasteiger partial charge < -0.3 is 5.32 Å². The number of alkyl halides is 6. The highest BCUT2D eigenvalue weighted by Crippen LogP contribution is 2.34. The van der Waals surface area contributed by atoms with Gasteiger partial charge in [0.1, 0.15) is 11.6 Å². The molecule has 2 aromatic heterocycles. The minimum Gasteiger partial charge on any atom is -0.322 e. The van der Waals surface area contributed by atoms with Gasteiger partial charge in [-0.15, -0.1) is 0 Å². The van der Waals surface area contributed by atoms with Crippen molar-refractivity contribution in [2.75, 3.05) is 5.32 Å².